The van der Waals surface area contributed by atoms with Gasteiger partial charge in [0, 0.05) is 13.0 Å². The van der Waals surface area contributed by atoms with Crippen molar-refractivity contribution in [3.63, 3.8) is 0 Å². The van der Waals surface area contributed by atoms with Crippen LogP contribution in [0.1, 0.15) is 34.1 Å². The molecule has 0 aromatic heterocycles. The second kappa shape index (κ2) is 3.48. The first-order valence-corrected chi connectivity index (χ1v) is 5.35. The number of hydrogen-bond acceptors (Lipinski definition) is 2. The number of ether oxygens (including phenoxy) is 1. The summed E-state index contributed by atoms with van der Waals surface area (Å²) in [6.45, 7) is 10.5. The fourth-order valence-corrected chi connectivity index (χ4v) is 1.44. The topological polar surface area (TPSA) is 21.8 Å². The van der Waals surface area contributed by atoms with Crippen LogP contribution in [0.4, 0.5) is 0 Å². The Bertz CT molecular complexity index is 140. The van der Waals surface area contributed by atoms with Crippen LogP contribution in [0.2, 0.25) is 5.04 Å². The van der Waals surface area contributed by atoms with Crippen LogP contribution >= 0.6 is 0 Å². The van der Waals surface area contributed by atoms with Gasteiger partial charge in [0.25, 0.3) is 0 Å². The molecule has 2 radical (unpaired) electrons. The zero-order valence-electron chi connectivity index (χ0n) is 8.44. The van der Waals surface area contributed by atoms with E-state index in [0.717, 1.165) is 19.6 Å². The first-order chi connectivity index (χ1) is 5.41. The lowest BCUT2D eigenvalue weighted by Gasteiger charge is -2.16. The normalized spacial score (nSPS) is 29.0. The minimum atomic E-state index is 0.155. The Balaban J connectivity index is 1.96. The van der Waals surface area contributed by atoms with E-state index < -0.39 is 0 Å². The lowest BCUT2D eigenvalue weighted by molar-refractivity contribution is 0.240. The molecule has 0 spiro atoms. The van der Waals surface area contributed by atoms with E-state index in [4.69, 9.17) is 9.16 Å². The molecular weight excluding hydrogens is 168 g/mol. The van der Waals surface area contributed by atoms with Crippen molar-refractivity contribution >= 4 is 9.76 Å². The van der Waals surface area contributed by atoms with E-state index in [1.165, 1.54) is 0 Å². The fraction of sp³-hybridized carbons (Fsp3) is 1.00. The Morgan fingerprint density at radius 2 is 2.08 bits per heavy atom. The van der Waals surface area contributed by atoms with Crippen molar-refractivity contribution in [2.45, 2.75) is 44.8 Å². The van der Waals surface area contributed by atoms with Gasteiger partial charge in [0.1, 0.15) is 0 Å². The molecule has 1 atom stereocenters. The highest BCUT2D eigenvalue weighted by atomic mass is 28.2. The van der Waals surface area contributed by atoms with E-state index in [1.54, 1.807) is 0 Å². The third kappa shape index (κ3) is 4.23. The number of hydrogen-bond donors (Lipinski definition) is 0. The highest BCUT2D eigenvalue weighted by Crippen LogP contribution is 2.29. The van der Waals surface area contributed by atoms with Crippen molar-refractivity contribution in [1.82, 2.24) is 0 Å². The van der Waals surface area contributed by atoms with Crippen LogP contribution in [0, 0.1) is 0 Å². The largest absolute Gasteiger partial charge is 0.417 e. The Hall–Kier alpha value is 0.137. The summed E-state index contributed by atoms with van der Waals surface area (Å²) >= 11 is 0. The van der Waals surface area contributed by atoms with Gasteiger partial charge < -0.3 is 9.16 Å². The predicted molar refractivity (Wildman–Crippen MR) is 50.4 cm³/mol. The third-order valence-corrected chi connectivity index (χ3v) is 2.71. The summed E-state index contributed by atoms with van der Waals surface area (Å²) in [4.78, 5) is 0. The van der Waals surface area contributed by atoms with Crippen LogP contribution in [0.15, 0.2) is 0 Å². The summed E-state index contributed by atoms with van der Waals surface area (Å²) in [5.74, 6) is 0. The molecule has 1 aliphatic rings. The van der Waals surface area contributed by atoms with Gasteiger partial charge in [0.05, 0.1) is 12.2 Å². The van der Waals surface area contributed by atoms with E-state index in [9.17, 15) is 0 Å². The quantitative estimate of drug-likeness (QED) is 0.380. The molecule has 1 aliphatic heterocycles. The zero-order chi connectivity index (χ0) is 9.24. The van der Waals surface area contributed by atoms with E-state index in [2.05, 4.69) is 27.7 Å². The van der Waals surface area contributed by atoms with Crippen molar-refractivity contribution in [2.75, 3.05) is 13.2 Å². The molecule has 1 unspecified atom stereocenters. The molecule has 0 N–H and O–H groups in total. The average molecular weight is 186 g/mol. The summed E-state index contributed by atoms with van der Waals surface area (Å²) in [7, 11) is 0.600. The highest BCUT2D eigenvalue weighted by Gasteiger charge is 2.38. The van der Waals surface area contributed by atoms with Crippen molar-refractivity contribution in [3.05, 3.63) is 0 Å². The minimum Gasteiger partial charge on any atom is -0.417 e. The zero-order valence-corrected chi connectivity index (χ0v) is 9.44. The standard InChI is InChI=1S/C9H18O2Si/c1-8(2,3)12-11-6-5-9(4)7-10-9/h5-7H2,1-4H3. The molecule has 12 heavy (non-hydrogen) atoms. The van der Waals surface area contributed by atoms with Crippen LogP contribution in [0.5, 0.6) is 0 Å². The van der Waals surface area contributed by atoms with Gasteiger partial charge in [0.2, 0.25) is 9.76 Å². The van der Waals surface area contributed by atoms with Crippen molar-refractivity contribution in [3.8, 4) is 0 Å². The molecule has 0 aliphatic carbocycles. The molecule has 1 fully saturated rings. The third-order valence-electron chi connectivity index (χ3n) is 1.75. The second-order valence-corrected chi connectivity index (χ2v) is 6.68. The van der Waals surface area contributed by atoms with Crippen LogP contribution < -0.4 is 0 Å². The monoisotopic (exact) mass is 186 g/mol. The van der Waals surface area contributed by atoms with E-state index in [0.29, 0.717) is 14.8 Å². The van der Waals surface area contributed by atoms with Gasteiger partial charge in [-0.25, -0.2) is 0 Å². The van der Waals surface area contributed by atoms with Gasteiger partial charge in [-0.3, -0.25) is 0 Å². The fourth-order valence-electron chi connectivity index (χ4n) is 0.802. The molecule has 3 heteroatoms. The van der Waals surface area contributed by atoms with Gasteiger partial charge in [-0.2, -0.15) is 0 Å². The Labute approximate surface area is 77.6 Å². The number of epoxide rings is 1. The lowest BCUT2D eigenvalue weighted by Crippen LogP contribution is -2.16. The van der Waals surface area contributed by atoms with Crippen molar-refractivity contribution in [2.24, 2.45) is 0 Å². The van der Waals surface area contributed by atoms with Crippen molar-refractivity contribution in [1.29, 1.82) is 0 Å². The molecular formula is C9H18O2Si. The first kappa shape index (κ1) is 10.2. The van der Waals surface area contributed by atoms with Gasteiger partial charge in [-0.05, 0) is 12.0 Å². The smallest absolute Gasteiger partial charge is 0.235 e. The first-order valence-electron chi connectivity index (χ1n) is 4.44. The molecule has 1 saturated heterocycles. The molecule has 0 aromatic rings. The molecule has 0 aromatic carbocycles. The summed E-state index contributed by atoms with van der Waals surface area (Å²) in [6, 6.07) is 0. The lowest BCUT2D eigenvalue weighted by atomic mass is 10.1. The van der Waals surface area contributed by atoms with Crippen LogP contribution in [0.3, 0.4) is 0 Å². The van der Waals surface area contributed by atoms with Gasteiger partial charge >= 0.3 is 0 Å². The minimum absolute atomic E-state index is 0.155. The van der Waals surface area contributed by atoms with E-state index in [-0.39, 0.29) is 5.60 Å². The molecule has 2 nitrogen and oxygen atoms in total. The second-order valence-electron chi connectivity index (χ2n) is 4.69. The summed E-state index contributed by atoms with van der Waals surface area (Å²) in [6.07, 6.45) is 1.04. The Morgan fingerprint density at radius 1 is 1.50 bits per heavy atom. The average Bonchev–Trinajstić information content (AvgIpc) is 2.60. The summed E-state index contributed by atoms with van der Waals surface area (Å²) in [5, 5.41) is 0.311. The molecule has 1 rings (SSSR count). The van der Waals surface area contributed by atoms with Crippen molar-refractivity contribution < 1.29 is 9.16 Å². The van der Waals surface area contributed by atoms with Gasteiger partial charge in [0.15, 0.2) is 0 Å². The predicted octanol–water partition coefficient (Wildman–Crippen LogP) is 2.02. The van der Waals surface area contributed by atoms with Gasteiger partial charge in [-0.1, -0.05) is 20.8 Å². The maximum absolute atomic E-state index is 5.56. The maximum atomic E-state index is 5.56. The summed E-state index contributed by atoms with van der Waals surface area (Å²) < 4.78 is 10.8. The summed E-state index contributed by atoms with van der Waals surface area (Å²) in [5.41, 5.74) is 0.155. The highest BCUT2D eigenvalue weighted by molar-refractivity contribution is 6.31. The van der Waals surface area contributed by atoms with Crippen LogP contribution in [-0.4, -0.2) is 28.6 Å². The van der Waals surface area contributed by atoms with Crippen LogP contribution in [-0.2, 0) is 9.16 Å². The number of rotatable bonds is 4. The van der Waals surface area contributed by atoms with Gasteiger partial charge in [-0.15, -0.1) is 0 Å². The van der Waals surface area contributed by atoms with E-state index in [1.807, 2.05) is 0 Å². The Kier molecular flexibility index (Phi) is 2.96. The SMILES string of the molecule is CC1(CCO[Si]C(C)(C)C)CO1. The molecule has 70 valence electrons. The molecule has 0 bridgehead atoms. The molecule has 1 heterocycles. The molecule has 0 amide bonds. The van der Waals surface area contributed by atoms with Crippen LogP contribution in [0.25, 0.3) is 0 Å². The maximum Gasteiger partial charge on any atom is 0.235 e. The Morgan fingerprint density at radius 3 is 2.50 bits per heavy atom. The van der Waals surface area contributed by atoms with E-state index >= 15 is 0 Å². The molecule has 0 saturated carbocycles.